The Morgan fingerprint density at radius 3 is 3.00 bits per heavy atom. The van der Waals surface area contributed by atoms with Crippen molar-refractivity contribution in [2.75, 3.05) is 19.9 Å². The molecule has 0 bridgehead atoms. The number of piperidine rings is 1. The summed E-state index contributed by atoms with van der Waals surface area (Å²) in [5.74, 6) is 1.63. The molecule has 27 heavy (non-hydrogen) atoms. The highest BCUT2D eigenvalue weighted by molar-refractivity contribution is 5.98. The van der Waals surface area contributed by atoms with Crippen LogP contribution in [0.15, 0.2) is 24.4 Å². The number of aryl methyl sites for hydroxylation is 2. The molecular weight excluding hydrogens is 342 g/mol. The molecule has 1 aromatic heterocycles. The quantitative estimate of drug-likeness (QED) is 0.730. The number of hydrogen-bond donors (Lipinski definition) is 0. The summed E-state index contributed by atoms with van der Waals surface area (Å²) in [5.41, 5.74) is 3.07. The highest BCUT2D eigenvalue weighted by Gasteiger charge is 2.28. The maximum absolute atomic E-state index is 13.0. The molecular formula is C21H27N3O3. The number of rotatable bonds is 6. The first-order valence-corrected chi connectivity index (χ1v) is 9.83. The van der Waals surface area contributed by atoms with Gasteiger partial charge in [0.2, 0.25) is 6.79 Å². The molecule has 3 heterocycles. The lowest BCUT2D eigenvalue weighted by atomic mass is 9.89. The molecule has 2 aromatic rings. The van der Waals surface area contributed by atoms with E-state index in [0.717, 1.165) is 62.4 Å². The van der Waals surface area contributed by atoms with Crippen molar-refractivity contribution in [3.63, 3.8) is 0 Å². The van der Waals surface area contributed by atoms with E-state index in [1.165, 1.54) is 5.56 Å². The number of ketones is 1. The Balaban J connectivity index is 1.42. The Hall–Kier alpha value is -2.34. The van der Waals surface area contributed by atoms with Gasteiger partial charge in [-0.3, -0.25) is 14.4 Å². The van der Waals surface area contributed by atoms with E-state index in [1.807, 2.05) is 22.9 Å². The van der Waals surface area contributed by atoms with E-state index in [0.29, 0.717) is 5.75 Å². The summed E-state index contributed by atoms with van der Waals surface area (Å²) in [6.07, 6.45) is 5.22. The van der Waals surface area contributed by atoms with Crippen LogP contribution in [0.5, 0.6) is 11.5 Å². The van der Waals surface area contributed by atoms with Gasteiger partial charge in [0.05, 0.1) is 5.69 Å². The number of aromatic nitrogens is 2. The van der Waals surface area contributed by atoms with Crippen molar-refractivity contribution in [2.45, 2.75) is 46.2 Å². The van der Waals surface area contributed by atoms with E-state index < -0.39 is 0 Å². The van der Waals surface area contributed by atoms with Gasteiger partial charge in [0.15, 0.2) is 17.3 Å². The minimum atomic E-state index is 0.0325. The predicted molar refractivity (Wildman–Crippen MR) is 102 cm³/mol. The van der Waals surface area contributed by atoms with Crippen molar-refractivity contribution in [1.82, 2.24) is 14.7 Å². The van der Waals surface area contributed by atoms with Crippen molar-refractivity contribution in [2.24, 2.45) is 5.92 Å². The van der Waals surface area contributed by atoms with E-state index in [4.69, 9.17) is 9.47 Å². The fourth-order valence-corrected chi connectivity index (χ4v) is 4.00. The largest absolute Gasteiger partial charge is 0.454 e. The maximum atomic E-state index is 13.0. The number of ether oxygens (including phenoxy) is 2. The van der Waals surface area contributed by atoms with Crippen LogP contribution in [0, 0.1) is 12.8 Å². The minimum absolute atomic E-state index is 0.0325. The van der Waals surface area contributed by atoms with E-state index in [9.17, 15) is 4.79 Å². The van der Waals surface area contributed by atoms with Crippen LogP contribution in [0.3, 0.4) is 0 Å². The van der Waals surface area contributed by atoms with Gasteiger partial charge in [0.25, 0.3) is 0 Å². The number of carbonyl (C=O) groups excluding carboxylic acids is 1. The first-order valence-electron chi connectivity index (χ1n) is 9.83. The van der Waals surface area contributed by atoms with E-state index >= 15 is 0 Å². The van der Waals surface area contributed by atoms with Crippen LogP contribution in [0.1, 0.15) is 47.8 Å². The zero-order valence-corrected chi connectivity index (χ0v) is 16.1. The molecule has 6 nitrogen and oxygen atoms in total. The Morgan fingerprint density at radius 1 is 1.30 bits per heavy atom. The fourth-order valence-electron chi connectivity index (χ4n) is 4.00. The van der Waals surface area contributed by atoms with Crippen LogP contribution < -0.4 is 9.47 Å². The summed E-state index contributed by atoms with van der Waals surface area (Å²) in [6, 6.07) is 5.51. The van der Waals surface area contributed by atoms with Crippen molar-refractivity contribution in [3.05, 3.63) is 41.2 Å². The lowest BCUT2D eigenvalue weighted by Gasteiger charge is -2.31. The summed E-state index contributed by atoms with van der Waals surface area (Å²) in [6.45, 7) is 8.10. The number of hydrogen-bond acceptors (Lipinski definition) is 5. The summed E-state index contributed by atoms with van der Waals surface area (Å²) in [4.78, 5) is 15.4. The lowest BCUT2D eigenvalue weighted by Crippen LogP contribution is -2.38. The van der Waals surface area contributed by atoms with Gasteiger partial charge >= 0.3 is 0 Å². The van der Waals surface area contributed by atoms with E-state index in [1.54, 1.807) is 0 Å². The monoisotopic (exact) mass is 369 g/mol. The van der Waals surface area contributed by atoms with E-state index in [2.05, 4.69) is 30.0 Å². The first kappa shape index (κ1) is 18.0. The van der Waals surface area contributed by atoms with Gasteiger partial charge in [-0.05, 0) is 50.9 Å². The Labute approximate surface area is 160 Å². The van der Waals surface area contributed by atoms with E-state index in [-0.39, 0.29) is 18.5 Å². The van der Waals surface area contributed by atoms with Gasteiger partial charge in [-0.1, -0.05) is 6.92 Å². The molecule has 0 spiro atoms. The number of fused-ring (bicyclic) bond motifs is 1. The van der Waals surface area contributed by atoms with Gasteiger partial charge in [-0.25, -0.2) is 0 Å². The Kier molecular flexibility index (Phi) is 5.16. The van der Waals surface area contributed by atoms with Gasteiger partial charge in [0.1, 0.15) is 0 Å². The predicted octanol–water partition coefficient (Wildman–Crippen LogP) is 3.43. The Bertz CT molecular complexity index is 830. The molecule has 6 heteroatoms. The number of benzene rings is 1. The minimum Gasteiger partial charge on any atom is -0.454 e. The molecule has 2 aliphatic heterocycles. The molecule has 0 aliphatic carbocycles. The van der Waals surface area contributed by atoms with Crippen molar-refractivity contribution in [3.8, 4) is 11.5 Å². The first-order chi connectivity index (χ1) is 13.1. The molecule has 1 atom stereocenters. The topological polar surface area (TPSA) is 56.6 Å². The molecule has 0 amide bonds. The smallest absolute Gasteiger partial charge is 0.231 e. The van der Waals surface area contributed by atoms with Crippen LogP contribution in [0.4, 0.5) is 0 Å². The SMILES string of the molecule is CCCn1cc(CN2CCC[C@H](C(=O)c3ccc4c(c3)OCO4)C2)c(C)n1. The average Bonchev–Trinajstić information content (AvgIpc) is 3.27. The molecule has 1 fully saturated rings. The summed E-state index contributed by atoms with van der Waals surface area (Å²) < 4.78 is 12.8. The number of Topliss-reactive ketones (excluding diaryl/α,β-unsaturated/α-hetero) is 1. The van der Waals surface area contributed by atoms with Crippen LogP contribution in [0.25, 0.3) is 0 Å². The molecule has 0 unspecified atom stereocenters. The second-order valence-corrected chi connectivity index (χ2v) is 7.51. The number of likely N-dealkylation sites (tertiary alicyclic amines) is 1. The Morgan fingerprint density at radius 2 is 2.15 bits per heavy atom. The van der Waals surface area contributed by atoms with Gasteiger partial charge in [0, 0.05) is 42.9 Å². The van der Waals surface area contributed by atoms with Crippen LogP contribution in [-0.2, 0) is 13.1 Å². The third kappa shape index (κ3) is 3.86. The molecule has 144 valence electrons. The molecule has 0 saturated carbocycles. The number of nitrogens with zero attached hydrogens (tertiary/aromatic N) is 3. The maximum Gasteiger partial charge on any atom is 0.231 e. The fraction of sp³-hybridized carbons (Fsp3) is 0.524. The van der Waals surface area contributed by atoms with Crippen LogP contribution in [0.2, 0.25) is 0 Å². The lowest BCUT2D eigenvalue weighted by molar-refractivity contribution is 0.0811. The summed E-state index contributed by atoms with van der Waals surface area (Å²) in [5, 5.41) is 4.60. The summed E-state index contributed by atoms with van der Waals surface area (Å²) in [7, 11) is 0. The molecule has 2 aliphatic rings. The van der Waals surface area contributed by atoms with Crippen molar-refractivity contribution in [1.29, 1.82) is 0 Å². The third-order valence-electron chi connectivity index (χ3n) is 5.43. The highest BCUT2D eigenvalue weighted by Crippen LogP contribution is 2.34. The standard InChI is InChI=1S/C21H27N3O3/c1-3-8-24-13-18(15(2)22-24)12-23-9-4-5-17(11-23)21(25)16-6-7-19-20(10-16)27-14-26-19/h6-7,10,13,17H,3-5,8-9,11-12,14H2,1-2H3/t17-/m0/s1. The van der Waals surface area contributed by atoms with Crippen molar-refractivity contribution < 1.29 is 14.3 Å². The van der Waals surface area contributed by atoms with Crippen molar-refractivity contribution >= 4 is 5.78 Å². The second-order valence-electron chi connectivity index (χ2n) is 7.51. The molecule has 0 radical (unpaired) electrons. The van der Waals surface area contributed by atoms with Crippen LogP contribution >= 0.6 is 0 Å². The molecule has 4 rings (SSSR count). The third-order valence-corrected chi connectivity index (χ3v) is 5.43. The zero-order chi connectivity index (χ0) is 18.8. The molecule has 1 aromatic carbocycles. The second kappa shape index (κ2) is 7.72. The van der Waals surface area contributed by atoms with Gasteiger partial charge in [-0.15, -0.1) is 0 Å². The zero-order valence-electron chi connectivity index (χ0n) is 16.1. The number of carbonyl (C=O) groups is 1. The molecule has 1 saturated heterocycles. The van der Waals surface area contributed by atoms with Gasteiger partial charge < -0.3 is 9.47 Å². The highest BCUT2D eigenvalue weighted by atomic mass is 16.7. The normalized spacial score (nSPS) is 19.4. The summed E-state index contributed by atoms with van der Waals surface area (Å²) >= 11 is 0. The van der Waals surface area contributed by atoms with Crippen LogP contribution in [-0.4, -0.2) is 40.3 Å². The molecule has 0 N–H and O–H groups in total. The average molecular weight is 369 g/mol. The van der Waals surface area contributed by atoms with Gasteiger partial charge in [-0.2, -0.15) is 5.10 Å².